The van der Waals surface area contributed by atoms with Gasteiger partial charge in [-0.1, -0.05) is 17.7 Å². The maximum absolute atomic E-state index is 12.3. The summed E-state index contributed by atoms with van der Waals surface area (Å²) in [5.74, 6) is 0.604. The van der Waals surface area contributed by atoms with E-state index in [0.717, 1.165) is 11.1 Å². The van der Waals surface area contributed by atoms with E-state index >= 15 is 0 Å². The summed E-state index contributed by atoms with van der Waals surface area (Å²) < 4.78 is 15.6. The maximum Gasteiger partial charge on any atom is 0.260 e. The van der Waals surface area contributed by atoms with Gasteiger partial charge in [-0.2, -0.15) is 0 Å². The average molecular weight is 303 g/mol. The number of carbonyl (C=O) groups is 1. The molecule has 5 nitrogen and oxygen atoms in total. The van der Waals surface area contributed by atoms with Crippen molar-refractivity contribution in [3.63, 3.8) is 0 Å². The van der Waals surface area contributed by atoms with E-state index in [1.54, 1.807) is 24.5 Å². The number of furan rings is 1. The average Bonchev–Trinajstić information content (AvgIpc) is 3.03. The highest BCUT2D eigenvalue weighted by atomic mass is 16.5. The van der Waals surface area contributed by atoms with Gasteiger partial charge >= 0.3 is 0 Å². The van der Waals surface area contributed by atoms with Gasteiger partial charge < -0.3 is 18.8 Å². The molecule has 118 valence electrons. The normalized spacial score (nSPS) is 10.5. The number of amides is 1. The number of ether oxygens (including phenoxy) is 2. The third-order valence-electron chi connectivity index (χ3n) is 3.25. The van der Waals surface area contributed by atoms with E-state index in [1.807, 2.05) is 37.3 Å². The number of hydrogen-bond donors (Lipinski definition) is 0. The molecule has 0 spiro atoms. The Bertz CT molecular complexity index is 563. The molecular formula is C17H21NO4. The van der Waals surface area contributed by atoms with E-state index in [-0.39, 0.29) is 12.5 Å². The molecule has 1 aromatic carbocycles. The second-order valence-electron chi connectivity index (χ2n) is 5.04. The monoisotopic (exact) mass is 303 g/mol. The van der Waals surface area contributed by atoms with Crippen molar-refractivity contribution in [2.24, 2.45) is 0 Å². The lowest BCUT2D eigenvalue weighted by Crippen LogP contribution is -2.36. The van der Waals surface area contributed by atoms with E-state index in [1.165, 1.54) is 0 Å². The van der Waals surface area contributed by atoms with Crippen molar-refractivity contribution in [1.29, 1.82) is 0 Å². The number of aryl methyl sites for hydroxylation is 1. The van der Waals surface area contributed by atoms with Gasteiger partial charge in [0.05, 0.1) is 19.1 Å². The van der Waals surface area contributed by atoms with Crippen molar-refractivity contribution < 1.29 is 18.7 Å². The number of benzene rings is 1. The first kappa shape index (κ1) is 16.1. The quantitative estimate of drug-likeness (QED) is 0.752. The molecule has 0 atom stereocenters. The van der Waals surface area contributed by atoms with Crippen molar-refractivity contribution in [3.8, 4) is 5.75 Å². The van der Waals surface area contributed by atoms with Crippen molar-refractivity contribution in [3.05, 3.63) is 54.0 Å². The fourth-order valence-corrected chi connectivity index (χ4v) is 1.97. The fraction of sp³-hybridized carbons (Fsp3) is 0.353. The number of carbonyl (C=O) groups excluding carboxylic acids is 1. The first-order valence-electron chi connectivity index (χ1n) is 7.16. The van der Waals surface area contributed by atoms with Crippen LogP contribution in [0.25, 0.3) is 0 Å². The lowest BCUT2D eigenvalue weighted by molar-refractivity contribution is -0.134. The number of hydrogen-bond acceptors (Lipinski definition) is 4. The lowest BCUT2D eigenvalue weighted by atomic mass is 10.2. The van der Waals surface area contributed by atoms with Crippen molar-refractivity contribution in [2.45, 2.75) is 13.5 Å². The summed E-state index contributed by atoms with van der Waals surface area (Å²) >= 11 is 0. The molecule has 5 heteroatoms. The van der Waals surface area contributed by atoms with Crippen molar-refractivity contribution in [2.75, 3.05) is 26.9 Å². The highest BCUT2D eigenvalue weighted by Crippen LogP contribution is 2.12. The Balaban J connectivity index is 1.91. The first-order chi connectivity index (χ1) is 10.7. The Kier molecular flexibility index (Phi) is 6.03. The van der Waals surface area contributed by atoms with Gasteiger partial charge in [-0.25, -0.2) is 0 Å². The van der Waals surface area contributed by atoms with Gasteiger partial charge in [-0.05, 0) is 25.1 Å². The second kappa shape index (κ2) is 8.24. The van der Waals surface area contributed by atoms with Crippen LogP contribution >= 0.6 is 0 Å². The van der Waals surface area contributed by atoms with E-state index in [4.69, 9.17) is 13.9 Å². The SMILES string of the molecule is COCCN(Cc1ccoc1)C(=O)COc1ccc(C)cc1. The zero-order valence-electron chi connectivity index (χ0n) is 13.0. The minimum atomic E-state index is -0.0844. The topological polar surface area (TPSA) is 51.9 Å². The Morgan fingerprint density at radius 3 is 2.64 bits per heavy atom. The summed E-state index contributed by atoms with van der Waals surface area (Å²) in [6, 6.07) is 9.46. The van der Waals surface area contributed by atoms with Crippen LogP contribution in [-0.4, -0.2) is 37.7 Å². The van der Waals surface area contributed by atoms with Crippen molar-refractivity contribution in [1.82, 2.24) is 4.90 Å². The standard InChI is InChI=1S/C17H21NO4/c1-14-3-5-16(6-4-14)22-13-17(19)18(8-10-20-2)11-15-7-9-21-12-15/h3-7,9,12H,8,10-11,13H2,1-2H3. The van der Waals surface area contributed by atoms with Gasteiger partial charge in [-0.3, -0.25) is 4.79 Å². The Labute approximate surface area is 130 Å². The molecule has 0 aliphatic heterocycles. The summed E-state index contributed by atoms with van der Waals surface area (Å²) in [5, 5.41) is 0. The number of nitrogens with zero attached hydrogens (tertiary/aromatic N) is 1. The molecule has 0 radical (unpaired) electrons. The van der Waals surface area contributed by atoms with E-state index in [2.05, 4.69) is 0 Å². The van der Waals surface area contributed by atoms with Crippen LogP contribution in [0, 0.1) is 6.92 Å². The van der Waals surface area contributed by atoms with Crippen LogP contribution in [0.15, 0.2) is 47.3 Å². The fourth-order valence-electron chi connectivity index (χ4n) is 1.97. The van der Waals surface area contributed by atoms with Gasteiger partial charge in [-0.15, -0.1) is 0 Å². The first-order valence-corrected chi connectivity index (χ1v) is 7.16. The summed E-state index contributed by atoms with van der Waals surface area (Å²) in [7, 11) is 1.61. The molecule has 1 amide bonds. The van der Waals surface area contributed by atoms with Gasteiger partial charge in [0.25, 0.3) is 5.91 Å². The molecular weight excluding hydrogens is 282 g/mol. The minimum absolute atomic E-state index is 0.00459. The van der Waals surface area contributed by atoms with Crippen LogP contribution < -0.4 is 4.74 Å². The van der Waals surface area contributed by atoms with Crippen LogP contribution in [0.4, 0.5) is 0 Å². The van der Waals surface area contributed by atoms with Gasteiger partial charge in [0.15, 0.2) is 6.61 Å². The molecule has 2 aromatic rings. The molecule has 0 fully saturated rings. The van der Waals surface area contributed by atoms with Crippen molar-refractivity contribution >= 4 is 5.91 Å². The molecule has 0 unspecified atom stereocenters. The van der Waals surface area contributed by atoms with Crippen LogP contribution in [0.5, 0.6) is 5.75 Å². The molecule has 0 bridgehead atoms. The van der Waals surface area contributed by atoms with Gasteiger partial charge in [0.2, 0.25) is 0 Å². The molecule has 0 aliphatic carbocycles. The zero-order valence-corrected chi connectivity index (χ0v) is 13.0. The third-order valence-corrected chi connectivity index (χ3v) is 3.25. The molecule has 1 aromatic heterocycles. The highest BCUT2D eigenvalue weighted by molar-refractivity contribution is 5.77. The highest BCUT2D eigenvalue weighted by Gasteiger charge is 2.15. The van der Waals surface area contributed by atoms with Crippen LogP contribution in [-0.2, 0) is 16.1 Å². The molecule has 0 aliphatic rings. The molecule has 22 heavy (non-hydrogen) atoms. The molecule has 1 heterocycles. The van der Waals surface area contributed by atoms with Gasteiger partial charge in [0.1, 0.15) is 5.75 Å². The number of rotatable bonds is 8. The Morgan fingerprint density at radius 2 is 2.00 bits per heavy atom. The summed E-state index contributed by atoms with van der Waals surface area (Å²) in [6.07, 6.45) is 3.23. The minimum Gasteiger partial charge on any atom is -0.484 e. The molecule has 0 saturated heterocycles. The molecule has 0 N–H and O–H groups in total. The van der Waals surface area contributed by atoms with E-state index < -0.39 is 0 Å². The van der Waals surface area contributed by atoms with Crippen LogP contribution in [0.2, 0.25) is 0 Å². The maximum atomic E-state index is 12.3. The summed E-state index contributed by atoms with van der Waals surface area (Å²) in [6.45, 7) is 3.48. The van der Waals surface area contributed by atoms with Gasteiger partial charge in [0, 0.05) is 25.8 Å². The third kappa shape index (κ3) is 4.93. The summed E-state index contributed by atoms with van der Waals surface area (Å²) in [4.78, 5) is 14.0. The predicted molar refractivity (Wildman–Crippen MR) is 82.7 cm³/mol. The molecule has 0 saturated carbocycles. The smallest absolute Gasteiger partial charge is 0.260 e. The largest absolute Gasteiger partial charge is 0.484 e. The summed E-state index contributed by atoms with van der Waals surface area (Å²) in [5.41, 5.74) is 2.10. The Hall–Kier alpha value is -2.27. The van der Waals surface area contributed by atoms with E-state index in [0.29, 0.717) is 25.4 Å². The number of methoxy groups -OCH3 is 1. The predicted octanol–water partition coefficient (Wildman–Crippen LogP) is 2.64. The van der Waals surface area contributed by atoms with Crippen LogP contribution in [0.1, 0.15) is 11.1 Å². The van der Waals surface area contributed by atoms with E-state index in [9.17, 15) is 4.79 Å². The lowest BCUT2D eigenvalue weighted by Gasteiger charge is -2.21. The molecule has 2 rings (SSSR count). The zero-order chi connectivity index (χ0) is 15.8. The Morgan fingerprint density at radius 1 is 1.23 bits per heavy atom. The van der Waals surface area contributed by atoms with Crippen LogP contribution in [0.3, 0.4) is 0 Å². The second-order valence-corrected chi connectivity index (χ2v) is 5.04.